The Bertz CT molecular complexity index is 763. The standard InChI is InChI=1S/C18H25N5O2/c1-18(2,3)25-17(24)23-10-14-6-5-13(7-15(14)11-23)8-19-9-16-12-22(4)21-20-16/h5-7,12,19H,8-11H2,1-4H3. The lowest BCUT2D eigenvalue weighted by Gasteiger charge is -2.24. The van der Waals surface area contributed by atoms with Gasteiger partial charge in [0.15, 0.2) is 0 Å². The Morgan fingerprint density at radius 1 is 1.24 bits per heavy atom. The molecule has 25 heavy (non-hydrogen) atoms. The maximum absolute atomic E-state index is 12.2. The monoisotopic (exact) mass is 343 g/mol. The molecule has 1 aromatic heterocycles. The first-order valence-electron chi connectivity index (χ1n) is 8.45. The van der Waals surface area contributed by atoms with Gasteiger partial charge in [-0.3, -0.25) is 9.58 Å². The van der Waals surface area contributed by atoms with Crippen LogP contribution < -0.4 is 5.32 Å². The van der Waals surface area contributed by atoms with E-state index in [1.807, 2.05) is 34.0 Å². The predicted octanol–water partition coefficient (Wildman–Crippen LogP) is 2.36. The number of carbonyl (C=O) groups excluding carboxylic acids is 1. The van der Waals surface area contributed by atoms with E-state index in [2.05, 4.69) is 33.8 Å². The molecule has 1 aliphatic rings. The first kappa shape index (κ1) is 17.4. The van der Waals surface area contributed by atoms with Crippen molar-refractivity contribution < 1.29 is 9.53 Å². The third-order valence-corrected chi connectivity index (χ3v) is 3.93. The van der Waals surface area contributed by atoms with Crippen molar-refractivity contribution in [3.8, 4) is 0 Å². The Kier molecular flexibility index (Phi) is 4.76. The van der Waals surface area contributed by atoms with Crippen LogP contribution >= 0.6 is 0 Å². The second kappa shape index (κ2) is 6.84. The van der Waals surface area contributed by atoms with Crippen molar-refractivity contribution in [3.05, 3.63) is 46.8 Å². The normalized spacial score (nSPS) is 13.8. The van der Waals surface area contributed by atoms with Crippen LogP contribution in [0.25, 0.3) is 0 Å². The van der Waals surface area contributed by atoms with Gasteiger partial charge >= 0.3 is 6.09 Å². The molecule has 1 aliphatic heterocycles. The first-order valence-corrected chi connectivity index (χ1v) is 8.45. The van der Waals surface area contributed by atoms with Gasteiger partial charge in [0, 0.05) is 39.4 Å². The molecule has 2 aromatic rings. The van der Waals surface area contributed by atoms with Gasteiger partial charge in [0.1, 0.15) is 5.60 Å². The Morgan fingerprint density at radius 2 is 2.00 bits per heavy atom. The minimum absolute atomic E-state index is 0.258. The Balaban J connectivity index is 1.55. The first-order chi connectivity index (χ1) is 11.8. The molecule has 7 heteroatoms. The second-order valence-corrected chi connectivity index (χ2v) is 7.43. The summed E-state index contributed by atoms with van der Waals surface area (Å²) in [7, 11) is 1.85. The number of nitrogens with one attached hydrogen (secondary N) is 1. The van der Waals surface area contributed by atoms with E-state index < -0.39 is 5.60 Å². The fourth-order valence-electron chi connectivity index (χ4n) is 2.82. The molecule has 0 saturated heterocycles. The molecule has 3 rings (SSSR count). The van der Waals surface area contributed by atoms with Crippen molar-refractivity contribution in [2.24, 2.45) is 7.05 Å². The van der Waals surface area contributed by atoms with E-state index in [4.69, 9.17) is 4.74 Å². The zero-order valence-electron chi connectivity index (χ0n) is 15.2. The Labute approximate surface area is 148 Å². The maximum atomic E-state index is 12.2. The zero-order chi connectivity index (χ0) is 18.0. The van der Waals surface area contributed by atoms with E-state index in [0.717, 1.165) is 12.2 Å². The third-order valence-electron chi connectivity index (χ3n) is 3.93. The molecule has 1 N–H and O–H groups in total. The number of aryl methyl sites for hydroxylation is 1. The fourth-order valence-corrected chi connectivity index (χ4v) is 2.82. The molecule has 0 atom stereocenters. The van der Waals surface area contributed by atoms with Crippen molar-refractivity contribution in [2.45, 2.75) is 52.6 Å². The summed E-state index contributed by atoms with van der Waals surface area (Å²) in [5.41, 5.74) is 4.00. The van der Waals surface area contributed by atoms with E-state index in [0.29, 0.717) is 19.6 Å². The number of fused-ring (bicyclic) bond motifs is 1. The van der Waals surface area contributed by atoms with Gasteiger partial charge in [-0.2, -0.15) is 0 Å². The molecular formula is C18H25N5O2. The average Bonchev–Trinajstić information content (AvgIpc) is 3.11. The molecule has 1 amide bonds. The third kappa shape index (κ3) is 4.57. The van der Waals surface area contributed by atoms with Crippen molar-refractivity contribution in [2.75, 3.05) is 0 Å². The number of rotatable bonds is 4. The summed E-state index contributed by atoms with van der Waals surface area (Å²) in [6, 6.07) is 6.35. The van der Waals surface area contributed by atoms with Gasteiger partial charge in [-0.25, -0.2) is 4.79 Å². The van der Waals surface area contributed by atoms with Crippen molar-refractivity contribution >= 4 is 6.09 Å². The van der Waals surface area contributed by atoms with Crippen LogP contribution in [-0.4, -0.2) is 31.6 Å². The molecule has 1 aromatic carbocycles. The molecule has 134 valence electrons. The summed E-state index contributed by atoms with van der Waals surface area (Å²) < 4.78 is 7.15. The highest BCUT2D eigenvalue weighted by Crippen LogP contribution is 2.25. The van der Waals surface area contributed by atoms with Crippen LogP contribution in [0.15, 0.2) is 24.4 Å². The van der Waals surface area contributed by atoms with Crippen molar-refractivity contribution in [1.29, 1.82) is 0 Å². The lowest BCUT2D eigenvalue weighted by molar-refractivity contribution is 0.0242. The molecule has 0 unspecified atom stereocenters. The molecule has 0 aliphatic carbocycles. The number of aromatic nitrogens is 3. The van der Waals surface area contributed by atoms with Crippen molar-refractivity contribution in [3.63, 3.8) is 0 Å². The molecule has 2 heterocycles. The van der Waals surface area contributed by atoms with Crippen LogP contribution in [0.2, 0.25) is 0 Å². The summed E-state index contributed by atoms with van der Waals surface area (Å²) in [5.74, 6) is 0. The van der Waals surface area contributed by atoms with Crippen LogP contribution in [0, 0.1) is 0 Å². The smallest absolute Gasteiger partial charge is 0.410 e. The van der Waals surface area contributed by atoms with E-state index in [1.165, 1.54) is 16.7 Å². The number of benzene rings is 1. The van der Waals surface area contributed by atoms with Gasteiger partial charge in [-0.05, 0) is 37.5 Å². The van der Waals surface area contributed by atoms with Gasteiger partial charge in [-0.1, -0.05) is 23.4 Å². The molecule has 0 fully saturated rings. The topological polar surface area (TPSA) is 72.3 Å². The lowest BCUT2D eigenvalue weighted by Crippen LogP contribution is -2.33. The number of hydrogen-bond acceptors (Lipinski definition) is 5. The highest BCUT2D eigenvalue weighted by Gasteiger charge is 2.27. The molecular weight excluding hydrogens is 318 g/mol. The summed E-state index contributed by atoms with van der Waals surface area (Å²) in [6.07, 6.45) is 1.64. The van der Waals surface area contributed by atoms with E-state index in [-0.39, 0.29) is 6.09 Å². The van der Waals surface area contributed by atoms with Crippen LogP contribution in [0.4, 0.5) is 4.79 Å². The highest BCUT2D eigenvalue weighted by atomic mass is 16.6. The minimum Gasteiger partial charge on any atom is -0.444 e. The number of hydrogen-bond donors (Lipinski definition) is 1. The predicted molar refractivity (Wildman–Crippen MR) is 93.5 cm³/mol. The molecule has 0 bridgehead atoms. The maximum Gasteiger partial charge on any atom is 0.410 e. The second-order valence-electron chi connectivity index (χ2n) is 7.43. The quantitative estimate of drug-likeness (QED) is 0.923. The largest absolute Gasteiger partial charge is 0.444 e. The lowest BCUT2D eigenvalue weighted by atomic mass is 10.1. The summed E-state index contributed by atoms with van der Waals surface area (Å²) >= 11 is 0. The van der Waals surface area contributed by atoms with Crippen LogP contribution in [0.5, 0.6) is 0 Å². The van der Waals surface area contributed by atoms with Gasteiger partial charge in [0.2, 0.25) is 0 Å². The van der Waals surface area contributed by atoms with Crippen molar-refractivity contribution in [1.82, 2.24) is 25.2 Å². The van der Waals surface area contributed by atoms with Gasteiger partial charge in [0.25, 0.3) is 0 Å². The fraction of sp³-hybridized carbons (Fsp3) is 0.500. The molecule has 7 nitrogen and oxygen atoms in total. The summed E-state index contributed by atoms with van der Waals surface area (Å²) in [5, 5.41) is 11.3. The number of ether oxygens (including phenoxy) is 1. The van der Waals surface area contributed by atoms with E-state index in [1.54, 1.807) is 9.58 Å². The SMILES string of the molecule is Cn1cc(CNCc2ccc3c(c2)CN(C(=O)OC(C)(C)C)C3)nn1. The molecule has 0 spiro atoms. The molecule has 0 saturated carbocycles. The molecule has 0 radical (unpaired) electrons. The van der Waals surface area contributed by atoms with Gasteiger partial charge < -0.3 is 10.1 Å². The van der Waals surface area contributed by atoms with Crippen LogP contribution in [0.1, 0.15) is 43.2 Å². The highest BCUT2D eigenvalue weighted by molar-refractivity contribution is 5.69. The van der Waals surface area contributed by atoms with E-state index >= 15 is 0 Å². The van der Waals surface area contributed by atoms with Crippen LogP contribution in [0.3, 0.4) is 0 Å². The number of amides is 1. The number of carbonyl (C=O) groups is 1. The van der Waals surface area contributed by atoms with E-state index in [9.17, 15) is 4.79 Å². The summed E-state index contributed by atoms with van der Waals surface area (Å²) in [6.45, 7) is 8.28. The Morgan fingerprint density at radius 3 is 2.68 bits per heavy atom. The van der Waals surface area contributed by atoms with Gasteiger partial charge in [0.05, 0.1) is 5.69 Å². The van der Waals surface area contributed by atoms with Gasteiger partial charge in [-0.15, -0.1) is 5.10 Å². The van der Waals surface area contributed by atoms with Crippen LogP contribution in [-0.2, 0) is 38.0 Å². The zero-order valence-corrected chi connectivity index (χ0v) is 15.2. The minimum atomic E-state index is -0.471. The Hall–Kier alpha value is -2.41. The summed E-state index contributed by atoms with van der Waals surface area (Å²) in [4.78, 5) is 14.0. The average molecular weight is 343 g/mol. The number of nitrogens with zero attached hydrogens (tertiary/aromatic N) is 4.